The van der Waals surface area contributed by atoms with E-state index in [1.807, 2.05) is 31.3 Å². The normalized spacial score (nSPS) is 10.1. The van der Waals surface area contributed by atoms with Crippen molar-refractivity contribution in [2.45, 2.75) is 0 Å². The van der Waals surface area contributed by atoms with Gasteiger partial charge >= 0.3 is 0 Å². The van der Waals surface area contributed by atoms with Crippen LogP contribution in [0.25, 0.3) is 10.8 Å². The van der Waals surface area contributed by atoms with Gasteiger partial charge in [-0.05, 0) is 6.07 Å². The van der Waals surface area contributed by atoms with Gasteiger partial charge in [-0.1, -0.05) is 18.2 Å². The molecule has 0 saturated carbocycles. The molecule has 0 bridgehead atoms. The third-order valence-corrected chi connectivity index (χ3v) is 2.22. The average molecular weight is 188 g/mol. The third kappa shape index (κ3) is 1.27. The standard InChI is InChI=1S/C11H12N2O/c1-12-10-7-13-11(14-2)9-6-4-3-5-8(9)10/h3-7,12H,1-2H3. The number of anilines is 1. The number of nitrogens with zero attached hydrogens (tertiary/aromatic N) is 1. The Morgan fingerprint density at radius 1 is 1.21 bits per heavy atom. The molecule has 1 aromatic carbocycles. The van der Waals surface area contributed by atoms with Crippen LogP contribution in [0.15, 0.2) is 30.5 Å². The summed E-state index contributed by atoms with van der Waals surface area (Å²) in [5.41, 5.74) is 1.02. The van der Waals surface area contributed by atoms with E-state index in [-0.39, 0.29) is 0 Å². The van der Waals surface area contributed by atoms with Crippen LogP contribution >= 0.6 is 0 Å². The third-order valence-electron chi connectivity index (χ3n) is 2.22. The Bertz CT molecular complexity index is 411. The fraction of sp³-hybridized carbons (Fsp3) is 0.182. The second-order valence-electron chi connectivity index (χ2n) is 2.98. The molecular formula is C11H12N2O. The first-order chi connectivity index (χ1) is 6.86. The molecule has 72 valence electrons. The molecule has 2 aromatic rings. The van der Waals surface area contributed by atoms with E-state index in [2.05, 4.69) is 10.3 Å². The van der Waals surface area contributed by atoms with E-state index in [1.165, 1.54) is 0 Å². The van der Waals surface area contributed by atoms with E-state index in [0.29, 0.717) is 5.88 Å². The molecule has 0 aliphatic rings. The number of hydrogen-bond donors (Lipinski definition) is 1. The van der Waals surface area contributed by atoms with Crippen molar-refractivity contribution in [1.82, 2.24) is 4.98 Å². The summed E-state index contributed by atoms with van der Waals surface area (Å²) >= 11 is 0. The van der Waals surface area contributed by atoms with Gasteiger partial charge in [-0.2, -0.15) is 0 Å². The summed E-state index contributed by atoms with van der Waals surface area (Å²) in [4.78, 5) is 4.21. The molecule has 0 aliphatic heterocycles. The van der Waals surface area contributed by atoms with Gasteiger partial charge in [0, 0.05) is 17.8 Å². The minimum Gasteiger partial charge on any atom is -0.481 e. The molecule has 0 saturated heterocycles. The van der Waals surface area contributed by atoms with Gasteiger partial charge in [0.2, 0.25) is 5.88 Å². The van der Waals surface area contributed by atoms with Gasteiger partial charge in [-0.15, -0.1) is 0 Å². The van der Waals surface area contributed by atoms with Crippen LogP contribution in [-0.2, 0) is 0 Å². The van der Waals surface area contributed by atoms with Crippen molar-refractivity contribution in [3.05, 3.63) is 30.5 Å². The van der Waals surface area contributed by atoms with Crippen molar-refractivity contribution in [3.63, 3.8) is 0 Å². The SMILES string of the molecule is CNc1cnc(OC)c2ccccc12. The molecule has 1 aromatic heterocycles. The lowest BCUT2D eigenvalue weighted by molar-refractivity contribution is 0.403. The molecule has 1 heterocycles. The zero-order valence-electron chi connectivity index (χ0n) is 8.24. The van der Waals surface area contributed by atoms with Crippen molar-refractivity contribution in [2.75, 3.05) is 19.5 Å². The maximum Gasteiger partial charge on any atom is 0.221 e. The Morgan fingerprint density at radius 2 is 1.93 bits per heavy atom. The average Bonchev–Trinajstić information content (AvgIpc) is 2.27. The molecule has 0 fully saturated rings. The van der Waals surface area contributed by atoms with E-state index in [1.54, 1.807) is 13.3 Å². The highest BCUT2D eigenvalue weighted by atomic mass is 16.5. The van der Waals surface area contributed by atoms with E-state index in [4.69, 9.17) is 4.74 Å². The van der Waals surface area contributed by atoms with Gasteiger partial charge in [0.15, 0.2) is 0 Å². The molecule has 0 atom stereocenters. The van der Waals surface area contributed by atoms with Gasteiger partial charge in [0.05, 0.1) is 19.0 Å². The van der Waals surface area contributed by atoms with E-state index in [0.717, 1.165) is 16.5 Å². The summed E-state index contributed by atoms with van der Waals surface area (Å²) in [7, 11) is 3.52. The van der Waals surface area contributed by atoms with Crippen LogP contribution in [0.1, 0.15) is 0 Å². The number of pyridine rings is 1. The van der Waals surface area contributed by atoms with Crippen molar-refractivity contribution in [3.8, 4) is 5.88 Å². The molecule has 0 aliphatic carbocycles. The first-order valence-electron chi connectivity index (χ1n) is 4.46. The molecule has 0 spiro atoms. The lowest BCUT2D eigenvalue weighted by atomic mass is 10.1. The van der Waals surface area contributed by atoms with Gasteiger partial charge in [-0.3, -0.25) is 0 Å². The molecule has 2 rings (SSSR count). The van der Waals surface area contributed by atoms with E-state index in [9.17, 15) is 0 Å². The lowest BCUT2D eigenvalue weighted by Crippen LogP contribution is -1.94. The Balaban J connectivity index is 2.78. The van der Waals surface area contributed by atoms with Crippen LogP contribution in [0.5, 0.6) is 5.88 Å². The lowest BCUT2D eigenvalue weighted by Gasteiger charge is -2.08. The number of hydrogen-bond acceptors (Lipinski definition) is 3. The molecule has 3 nitrogen and oxygen atoms in total. The molecule has 14 heavy (non-hydrogen) atoms. The van der Waals surface area contributed by atoms with Crippen molar-refractivity contribution in [1.29, 1.82) is 0 Å². The summed E-state index contributed by atoms with van der Waals surface area (Å²) in [6.45, 7) is 0. The zero-order valence-corrected chi connectivity index (χ0v) is 8.24. The first kappa shape index (κ1) is 8.81. The van der Waals surface area contributed by atoms with Crippen LogP contribution in [0, 0.1) is 0 Å². The fourth-order valence-electron chi connectivity index (χ4n) is 1.53. The highest BCUT2D eigenvalue weighted by Crippen LogP contribution is 2.28. The summed E-state index contributed by atoms with van der Waals surface area (Å²) < 4.78 is 5.19. The van der Waals surface area contributed by atoms with Gasteiger partial charge in [-0.25, -0.2) is 4.98 Å². The minimum atomic E-state index is 0.666. The second kappa shape index (κ2) is 3.54. The summed E-state index contributed by atoms with van der Waals surface area (Å²) in [5, 5.41) is 5.26. The molecule has 0 radical (unpaired) electrons. The maximum atomic E-state index is 5.19. The fourth-order valence-corrected chi connectivity index (χ4v) is 1.53. The predicted octanol–water partition coefficient (Wildman–Crippen LogP) is 2.29. The first-order valence-corrected chi connectivity index (χ1v) is 4.46. The van der Waals surface area contributed by atoms with Crippen molar-refractivity contribution < 1.29 is 4.74 Å². The molecule has 0 amide bonds. The minimum absolute atomic E-state index is 0.666. The number of benzene rings is 1. The summed E-state index contributed by atoms with van der Waals surface area (Å²) in [6, 6.07) is 8.03. The maximum absolute atomic E-state index is 5.19. The number of fused-ring (bicyclic) bond motifs is 1. The van der Waals surface area contributed by atoms with Crippen LogP contribution in [-0.4, -0.2) is 19.1 Å². The van der Waals surface area contributed by atoms with Crippen molar-refractivity contribution in [2.24, 2.45) is 0 Å². The molecule has 1 N–H and O–H groups in total. The monoisotopic (exact) mass is 188 g/mol. The highest BCUT2D eigenvalue weighted by Gasteiger charge is 2.04. The van der Waals surface area contributed by atoms with E-state index >= 15 is 0 Å². The summed E-state index contributed by atoms with van der Waals surface area (Å²) in [6.07, 6.45) is 1.78. The van der Waals surface area contributed by atoms with Crippen molar-refractivity contribution >= 4 is 16.5 Å². The van der Waals surface area contributed by atoms with Crippen LogP contribution in [0.2, 0.25) is 0 Å². The smallest absolute Gasteiger partial charge is 0.221 e. The van der Waals surface area contributed by atoms with Crippen LogP contribution in [0.3, 0.4) is 0 Å². The molecule has 3 heteroatoms. The number of aromatic nitrogens is 1. The molecule has 0 unspecified atom stereocenters. The van der Waals surface area contributed by atoms with Crippen LogP contribution in [0.4, 0.5) is 5.69 Å². The number of nitrogens with one attached hydrogen (secondary N) is 1. The molecular weight excluding hydrogens is 176 g/mol. The van der Waals surface area contributed by atoms with Gasteiger partial charge < -0.3 is 10.1 Å². The number of ether oxygens (including phenoxy) is 1. The van der Waals surface area contributed by atoms with Gasteiger partial charge in [0.25, 0.3) is 0 Å². The van der Waals surface area contributed by atoms with Crippen LogP contribution < -0.4 is 10.1 Å². The number of methoxy groups -OCH3 is 1. The van der Waals surface area contributed by atoms with E-state index < -0.39 is 0 Å². The quantitative estimate of drug-likeness (QED) is 0.785. The van der Waals surface area contributed by atoms with Gasteiger partial charge in [0.1, 0.15) is 0 Å². The second-order valence-corrected chi connectivity index (χ2v) is 2.98. The highest BCUT2D eigenvalue weighted by molar-refractivity contribution is 5.96. The zero-order chi connectivity index (χ0) is 9.97. The summed E-state index contributed by atoms with van der Waals surface area (Å²) in [5.74, 6) is 0.666. The topological polar surface area (TPSA) is 34.2 Å². The predicted molar refractivity (Wildman–Crippen MR) is 57.8 cm³/mol. The largest absolute Gasteiger partial charge is 0.481 e. The Labute approximate surface area is 82.7 Å². The Hall–Kier alpha value is -1.77. The Morgan fingerprint density at radius 3 is 2.57 bits per heavy atom. The number of rotatable bonds is 2. The Kier molecular flexibility index (Phi) is 2.23.